The van der Waals surface area contributed by atoms with Crippen molar-refractivity contribution in [2.45, 2.75) is 51.6 Å². The lowest BCUT2D eigenvalue weighted by Crippen LogP contribution is -2.51. The molecule has 1 N–H and O–H groups in total. The number of hydrogen-bond donors (Lipinski definition) is 1. The second-order valence-electron chi connectivity index (χ2n) is 6.29. The van der Waals surface area contributed by atoms with E-state index in [0.717, 1.165) is 25.7 Å². The monoisotopic (exact) mass is 296 g/mol. The Morgan fingerprint density at radius 2 is 1.90 bits per heavy atom. The van der Waals surface area contributed by atoms with Crippen LogP contribution in [0.25, 0.3) is 0 Å². The molecule has 21 heavy (non-hydrogen) atoms. The first-order valence-corrected chi connectivity index (χ1v) is 7.49. The zero-order valence-corrected chi connectivity index (χ0v) is 13.0. The lowest BCUT2D eigenvalue weighted by Gasteiger charge is -2.47. The van der Waals surface area contributed by atoms with Gasteiger partial charge < -0.3 is 14.6 Å². The molecule has 5 heteroatoms. The van der Waals surface area contributed by atoms with E-state index in [-0.39, 0.29) is 24.4 Å². The fourth-order valence-corrected chi connectivity index (χ4v) is 3.87. The van der Waals surface area contributed by atoms with Crippen LogP contribution < -0.4 is 0 Å². The molecule has 0 aliphatic heterocycles. The van der Waals surface area contributed by atoms with Crippen molar-refractivity contribution in [1.29, 1.82) is 0 Å². The number of methoxy groups -OCH3 is 1. The van der Waals surface area contributed by atoms with E-state index < -0.39 is 17.0 Å². The van der Waals surface area contributed by atoms with Gasteiger partial charge in [0.25, 0.3) is 0 Å². The summed E-state index contributed by atoms with van der Waals surface area (Å²) in [6.45, 7) is 3.94. The molecule has 1 saturated carbocycles. The van der Waals surface area contributed by atoms with Crippen LogP contribution in [0.5, 0.6) is 0 Å². The highest BCUT2D eigenvalue weighted by atomic mass is 16.6. The summed E-state index contributed by atoms with van der Waals surface area (Å²) >= 11 is 0. The summed E-state index contributed by atoms with van der Waals surface area (Å²) in [7, 11) is 1.52. The first-order valence-electron chi connectivity index (χ1n) is 7.49. The van der Waals surface area contributed by atoms with Crippen molar-refractivity contribution in [3.05, 3.63) is 11.1 Å². The normalized spacial score (nSPS) is 28.3. The summed E-state index contributed by atoms with van der Waals surface area (Å²) in [5, 5.41) is 10.8. The maximum atomic E-state index is 12.3. The molecule has 1 unspecified atom stereocenters. The number of carbonyl (C=O) groups excluding carboxylic acids is 2. The van der Waals surface area contributed by atoms with E-state index in [4.69, 9.17) is 9.47 Å². The highest BCUT2D eigenvalue weighted by Gasteiger charge is 2.55. The van der Waals surface area contributed by atoms with Crippen LogP contribution in [0.2, 0.25) is 0 Å². The van der Waals surface area contributed by atoms with Crippen molar-refractivity contribution in [2.75, 3.05) is 20.3 Å². The van der Waals surface area contributed by atoms with E-state index in [2.05, 4.69) is 0 Å². The summed E-state index contributed by atoms with van der Waals surface area (Å²) in [5.74, 6) is -0.909. The van der Waals surface area contributed by atoms with E-state index in [1.807, 2.05) is 0 Å². The number of aliphatic hydroxyl groups is 1. The summed E-state index contributed by atoms with van der Waals surface area (Å²) in [5.41, 5.74) is -0.708. The van der Waals surface area contributed by atoms with Gasteiger partial charge in [-0.3, -0.25) is 4.79 Å². The number of ketones is 1. The third-order valence-electron chi connectivity index (χ3n) is 5.09. The molecule has 118 valence electrons. The zero-order chi connectivity index (χ0) is 15.7. The summed E-state index contributed by atoms with van der Waals surface area (Å²) < 4.78 is 9.95. The first kappa shape index (κ1) is 16.2. The second-order valence-corrected chi connectivity index (χ2v) is 6.29. The summed E-state index contributed by atoms with van der Waals surface area (Å²) in [4.78, 5) is 24.5. The van der Waals surface area contributed by atoms with Gasteiger partial charge in [0.1, 0.15) is 12.2 Å². The van der Waals surface area contributed by atoms with Gasteiger partial charge in [-0.15, -0.1) is 0 Å². The van der Waals surface area contributed by atoms with Gasteiger partial charge in [-0.2, -0.15) is 0 Å². The van der Waals surface area contributed by atoms with Crippen molar-refractivity contribution in [2.24, 2.45) is 5.41 Å². The van der Waals surface area contributed by atoms with Gasteiger partial charge in [0.05, 0.1) is 12.2 Å². The molecule has 2 rings (SSSR count). The topological polar surface area (TPSA) is 72.8 Å². The third-order valence-corrected chi connectivity index (χ3v) is 5.09. The van der Waals surface area contributed by atoms with Crippen LogP contribution in [-0.2, 0) is 19.1 Å². The number of carbonyl (C=O) groups is 2. The Kier molecular flexibility index (Phi) is 4.54. The molecule has 0 aromatic carbocycles. The van der Waals surface area contributed by atoms with Crippen LogP contribution >= 0.6 is 0 Å². The van der Waals surface area contributed by atoms with Crippen molar-refractivity contribution in [1.82, 2.24) is 0 Å². The zero-order valence-electron chi connectivity index (χ0n) is 13.0. The molecule has 0 heterocycles. The summed E-state index contributed by atoms with van der Waals surface area (Å²) in [6, 6.07) is 0. The molecular formula is C16H24O5. The third kappa shape index (κ3) is 2.64. The molecule has 1 fully saturated rings. The minimum absolute atomic E-state index is 0.0148. The average molecular weight is 296 g/mol. The fourth-order valence-electron chi connectivity index (χ4n) is 3.87. The van der Waals surface area contributed by atoms with Crippen molar-refractivity contribution >= 4 is 11.8 Å². The Hall–Kier alpha value is -1.20. The number of hydrogen-bond acceptors (Lipinski definition) is 5. The van der Waals surface area contributed by atoms with Gasteiger partial charge in [0, 0.05) is 18.9 Å². The van der Waals surface area contributed by atoms with Crippen molar-refractivity contribution < 1.29 is 24.2 Å². The lowest BCUT2D eigenvalue weighted by atomic mass is 9.60. The molecule has 0 amide bonds. The molecule has 0 aromatic rings. The van der Waals surface area contributed by atoms with E-state index >= 15 is 0 Å². The fraction of sp³-hybridized carbons (Fsp3) is 0.750. The quantitative estimate of drug-likeness (QED) is 0.486. The van der Waals surface area contributed by atoms with Gasteiger partial charge >= 0.3 is 5.97 Å². The predicted octanol–water partition coefficient (Wildman–Crippen LogP) is 1.78. The SMILES string of the molecule is COCCOC(=O)C1=C(C)C2(CCCC2)C(C)(O)CC1=O. The van der Waals surface area contributed by atoms with E-state index in [1.54, 1.807) is 13.8 Å². The molecule has 1 spiro atoms. The number of esters is 1. The van der Waals surface area contributed by atoms with Gasteiger partial charge in [-0.25, -0.2) is 4.79 Å². The molecule has 1 atom stereocenters. The summed E-state index contributed by atoms with van der Waals surface area (Å²) in [6.07, 6.45) is 3.63. The minimum atomic E-state index is -1.08. The van der Waals surface area contributed by atoms with E-state index in [9.17, 15) is 14.7 Å². The Balaban J connectivity index is 2.34. The Labute approximate surface area is 125 Å². The van der Waals surface area contributed by atoms with Crippen LogP contribution in [0, 0.1) is 5.41 Å². The van der Waals surface area contributed by atoms with Crippen LogP contribution in [0.3, 0.4) is 0 Å². The maximum absolute atomic E-state index is 12.3. The number of ether oxygens (including phenoxy) is 2. The van der Waals surface area contributed by atoms with Crippen LogP contribution in [0.15, 0.2) is 11.1 Å². The molecule has 0 saturated heterocycles. The standard InChI is InChI=1S/C16H24O5/c1-11-13(14(18)21-9-8-20-3)12(17)10-15(2,19)16(11)6-4-5-7-16/h19H,4-10H2,1-3H3. The smallest absolute Gasteiger partial charge is 0.341 e. The van der Waals surface area contributed by atoms with E-state index in [1.165, 1.54) is 7.11 Å². The van der Waals surface area contributed by atoms with Crippen LogP contribution in [-0.4, -0.2) is 42.8 Å². The average Bonchev–Trinajstić information content (AvgIpc) is 2.88. The van der Waals surface area contributed by atoms with Crippen molar-refractivity contribution in [3.63, 3.8) is 0 Å². The Bertz CT molecular complexity index is 469. The lowest BCUT2D eigenvalue weighted by molar-refractivity contribution is -0.144. The van der Waals surface area contributed by atoms with Gasteiger partial charge in [0.2, 0.25) is 0 Å². The Morgan fingerprint density at radius 1 is 1.29 bits per heavy atom. The van der Waals surface area contributed by atoms with Gasteiger partial charge in [-0.05, 0) is 32.3 Å². The largest absolute Gasteiger partial charge is 0.460 e. The molecule has 2 aliphatic carbocycles. The number of Topliss-reactive ketones (excluding diaryl/α,β-unsaturated/α-hetero) is 1. The molecule has 0 aromatic heterocycles. The minimum Gasteiger partial charge on any atom is -0.460 e. The highest BCUT2D eigenvalue weighted by molar-refractivity contribution is 6.19. The van der Waals surface area contributed by atoms with Crippen LogP contribution in [0.1, 0.15) is 46.0 Å². The highest BCUT2D eigenvalue weighted by Crippen LogP contribution is 2.56. The van der Waals surface area contributed by atoms with Gasteiger partial charge in [0.15, 0.2) is 5.78 Å². The van der Waals surface area contributed by atoms with Gasteiger partial charge in [-0.1, -0.05) is 12.8 Å². The van der Waals surface area contributed by atoms with Crippen molar-refractivity contribution in [3.8, 4) is 0 Å². The second kappa shape index (κ2) is 5.89. The molecule has 2 aliphatic rings. The molecular weight excluding hydrogens is 272 g/mol. The molecule has 0 radical (unpaired) electrons. The first-order chi connectivity index (χ1) is 9.85. The maximum Gasteiger partial charge on any atom is 0.341 e. The van der Waals surface area contributed by atoms with Crippen LogP contribution in [0.4, 0.5) is 0 Å². The van der Waals surface area contributed by atoms with E-state index in [0.29, 0.717) is 12.2 Å². The molecule has 0 bridgehead atoms. The number of rotatable bonds is 4. The Morgan fingerprint density at radius 3 is 2.48 bits per heavy atom. The molecule has 5 nitrogen and oxygen atoms in total. The predicted molar refractivity (Wildman–Crippen MR) is 76.7 cm³/mol.